The molecular weight excluding hydrogens is 255 g/mol. The molecule has 0 bridgehead atoms. The Kier molecular flexibility index (Phi) is 3.56. The first-order chi connectivity index (χ1) is 9.04. The first-order valence-corrected chi connectivity index (χ1v) is 5.26. The zero-order valence-corrected chi connectivity index (χ0v) is 9.59. The third kappa shape index (κ3) is 3.38. The normalized spacial score (nSPS) is 10.2. The van der Waals surface area contributed by atoms with E-state index in [0.717, 1.165) is 6.07 Å². The zero-order valence-electron chi connectivity index (χ0n) is 9.59. The quantitative estimate of drug-likeness (QED) is 0.865. The van der Waals surface area contributed by atoms with E-state index < -0.39 is 17.3 Å². The van der Waals surface area contributed by atoms with Crippen LogP contribution in [0.1, 0.15) is 16.3 Å². The van der Waals surface area contributed by atoms with Crippen molar-refractivity contribution in [3.8, 4) is 5.75 Å². The predicted octanol–water partition coefficient (Wildman–Crippen LogP) is 1.19. The lowest BCUT2D eigenvalue weighted by Gasteiger charge is -2.05. The van der Waals surface area contributed by atoms with E-state index in [-0.39, 0.29) is 18.1 Å². The summed E-state index contributed by atoms with van der Waals surface area (Å²) < 4.78 is 17.9. The molecule has 2 aromatic rings. The summed E-state index contributed by atoms with van der Waals surface area (Å²) in [5, 5.41) is 8.75. The van der Waals surface area contributed by atoms with Gasteiger partial charge >= 0.3 is 5.97 Å². The molecule has 19 heavy (non-hydrogen) atoms. The van der Waals surface area contributed by atoms with Crippen LogP contribution in [0.2, 0.25) is 0 Å². The number of aromatic nitrogens is 2. The largest absolute Gasteiger partial charge is 0.486 e. The first kappa shape index (κ1) is 12.7. The minimum Gasteiger partial charge on any atom is -0.486 e. The molecule has 0 aliphatic carbocycles. The second-order valence-electron chi connectivity index (χ2n) is 3.63. The summed E-state index contributed by atoms with van der Waals surface area (Å²) in [6.45, 7) is -0.123. The van der Waals surface area contributed by atoms with Gasteiger partial charge in [0.2, 0.25) is 0 Å². The van der Waals surface area contributed by atoms with Crippen molar-refractivity contribution in [3.63, 3.8) is 0 Å². The van der Waals surface area contributed by atoms with Crippen molar-refractivity contribution in [2.45, 2.75) is 6.61 Å². The smallest absolute Gasteiger partial charge is 0.354 e. The predicted molar refractivity (Wildman–Crippen MR) is 62.5 cm³/mol. The van der Waals surface area contributed by atoms with Gasteiger partial charge in [0.15, 0.2) is 5.69 Å². The molecule has 6 nitrogen and oxygen atoms in total. The van der Waals surface area contributed by atoms with E-state index in [2.05, 4.69) is 9.97 Å². The first-order valence-electron chi connectivity index (χ1n) is 5.26. The van der Waals surface area contributed by atoms with Crippen molar-refractivity contribution in [1.82, 2.24) is 9.97 Å². The van der Waals surface area contributed by atoms with Gasteiger partial charge in [0.05, 0.1) is 0 Å². The summed E-state index contributed by atoms with van der Waals surface area (Å²) in [7, 11) is 0. The molecule has 0 unspecified atom stereocenters. The number of carbonyl (C=O) groups is 1. The van der Waals surface area contributed by atoms with E-state index in [0.29, 0.717) is 5.75 Å². The van der Waals surface area contributed by atoms with Crippen molar-refractivity contribution in [1.29, 1.82) is 0 Å². The van der Waals surface area contributed by atoms with Crippen LogP contribution in [-0.4, -0.2) is 21.0 Å². The van der Waals surface area contributed by atoms with Gasteiger partial charge in [0.1, 0.15) is 24.0 Å². The van der Waals surface area contributed by atoms with Crippen LogP contribution in [0, 0.1) is 5.82 Å². The summed E-state index contributed by atoms with van der Waals surface area (Å²) in [4.78, 5) is 28.0. The fraction of sp³-hybridized carbons (Fsp3) is 0.0833. The van der Waals surface area contributed by atoms with Gasteiger partial charge in [-0.05, 0) is 24.3 Å². The molecule has 0 saturated carbocycles. The van der Waals surface area contributed by atoms with Crippen molar-refractivity contribution < 1.29 is 19.0 Å². The highest BCUT2D eigenvalue weighted by atomic mass is 19.1. The number of carboxylic acid groups (broad SMARTS) is 1. The second kappa shape index (κ2) is 5.30. The summed E-state index contributed by atoms with van der Waals surface area (Å²) in [5.41, 5.74) is -0.938. The van der Waals surface area contributed by atoms with E-state index in [1.165, 1.54) is 24.3 Å². The number of aromatic amines is 1. The Morgan fingerprint density at radius 3 is 2.68 bits per heavy atom. The minimum absolute atomic E-state index is 0.0780. The van der Waals surface area contributed by atoms with E-state index >= 15 is 0 Å². The third-order valence-electron chi connectivity index (χ3n) is 2.20. The number of H-pyrrole nitrogens is 1. The van der Waals surface area contributed by atoms with Gasteiger partial charge in [-0.2, -0.15) is 0 Å². The molecule has 2 N–H and O–H groups in total. The molecule has 98 valence electrons. The van der Waals surface area contributed by atoms with E-state index in [1.807, 2.05) is 0 Å². The van der Waals surface area contributed by atoms with Gasteiger partial charge < -0.3 is 14.8 Å². The molecule has 0 fully saturated rings. The fourth-order valence-electron chi connectivity index (χ4n) is 1.37. The number of nitrogens with one attached hydrogen (secondary N) is 1. The second-order valence-corrected chi connectivity index (χ2v) is 3.63. The van der Waals surface area contributed by atoms with Crippen LogP contribution in [0.3, 0.4) is 0 Å². The van der Waals surface area contributed by atoms with Crippen LogP contribution in [0.15, 0.2) is 35.1 Å². The molecule has 0 amide bonds. The number of nitrogens with zero attached hydrogens (tertiary/aromatic N) is 1. The molecule has 2 rings (SSSR count). The number of rotatable bonds is 4. The molecule has 1 aromatic carbocycles. The summed E-state index contributed by atoms with van der Waals surface area (Å²) in [6.07, 6.45) is 0. The van der Waals surface area contributed by atoms with Gasteiger partial charge in [-0.15, -0.1) is 0 Å². The number of ether oxygens (including phenoxy) is 1. The van der Waals surface area contributed by atoms with Crippen LogP contribution in [0.4, 0.5) is 4.39 Å². The van der Waals surface area contributed by atoms with Gasteiger partial charge in [-0.3, -0.25) is 4.79 Å². The Morgan fingerprint density at radius 1 is 1.37 bits per heavy atom. The third-order valence-corrected chi connectivity index (χ3v) is 2.20. The SMILES string of the molecule is O=C(O)c1cc(=O)[nH]c(COc2ccc(F)cc2)n1. The lowest BCUT2D eigenvalue weighted by Crippen LogP contribution is -2.17. The van der Waals surface area contributed by atoms with Crippen molar-refractivity contribution in [2.75, 3.05) is 0 Å². The van der Waals surface area contributed by atoms with Crippen LogP contribution < -0.4 is 10.3 Å². The molecule has 0 radical (unpaired) electrons. The lowest BCUT2D eigenvalue weighted by molar-refractivity contribution is 0.0689. The van der Waals surface area contributed by atoms with E-state index in [1.54, 1.807) is 0 Å². The number of halogens is 1. The van der Waals surface area contributed by atoms with Gasteiger partial charge in [0.25, 0.3) is 5.56 Å². The standard InChI is InChI=1S/C12H9FN2O4/c13-7-1-3-8(4-2-7)19-6-10-14-9(12(17)18)5-11(16)15-10/h1-5H,6H2,(H,17,18)(H,14,15,16). The zero-order chi connectivity index (χ0) is 13.8. The maximum atomic E-state index is 12.7. The van der Waals surface area contributed by atoms with Gasteiger partial charge in [-0.1, -0.05) is 0 Å². The Hall–Kier alpha value is -2.70. The summed E-state index contributed by atoms with van der Waals surface area (Å²) in [5.74, 6) is -1.24. The van der Waals surface area contributed by atoms with Crippen molar-refractivity contribution in [2.24, 2.45) is 0 Å². The molecule has 0 aliphatic heterocycles. The van der Waals surface area contributed by atoms with Crippen molar-refractivity contribution in [3.05, 3.63) is 58.0 Å². The molecule has 0 saturated heterocycles. The molecule has 0 atom stereocenters. The molecule has 7 heteroatoms. The Labute approximate surface area is 106 Å². The van der Waals surface area contributed by atoms with Crippen LogP contribution in [0.5, 0.6) is 5.75 Å². The molecular formula is C12H9FN2O4. The number of carboxylic acids is 1. The maximum Gasteiger partial charge on any atom is 0.354 e. The number of hydrogen-bond acceptors (Lipinski definition) is 4. The molecule has 1 aromatic heterocycles. The minimum atomic E-state index is -1.30. The van der Waals surface area contributed by atoms with Gasteiger partial charge in [-0.25, -0.2) is 14.2 Å². The Bertz CT molecular complexity index is 652. The van der Waals surface area contributed by atoms with Crippen LogP contribution in [-0.2, 0) is 6.61 Å². The van der Waals surface area contributed by atoms with Crippen LogP contribution >= 0.6 is 0 Å². The average molecular weight is 264 g/mol. The highest BCUT2D eigenvalue weighted by Gasteiger charge is 2.08. The number of hydrogen-bond donors (Lipinski definition) is 2. The highest BCUT2D eigenvalue weighted by Crippen LogP contribution is 2.12. The van der Waals surface area contributed by atoms with E-state index in [4.69, 9.17) is 9.84 Å². The number of benzene rings is 1. The maximum absolute atomic E-state index is 12.7. The topological polar surface area (TPSA) is 92.3 Å². The monoisotopic (exact) mass is 264 g/mol. The fourth-order valence-corrected chi connectivity index (χ4v) is 1.37. The van der Waals surface area contributed by atoms with Crippen LogP contribution in [0.25, 0.3) is 0 Å². The molecule has 0 spiro atoms. The highest BCUT2D eigenvalue weighted by molar-refractivity contribution is 5.85. The molecule has 0 aliphatic rings. The van der Waals surface area contributed by atoms with Gasteiger partial charge in [0, 0.05) is 6.07 Å². The Balaban J connectivity index is 2.13. The van der Waals surface area contributed by atoms with E-state index in [9.17, 15) is 14.0 Å². The van der Waals surface area contributed by atoms with Crippen molar-refractivity contribution >= 4 is 5.97 Å². The number of aromatic carboxylic acids is 1. The molecule has 1 heterocycles. The average Bonchev–Trinajstić information content (AvgIpc) is 2.37. The summed E-state index contributed by atoms with van der Waals surface area (Å²) >= 11 is 0. The lowest BCUT2D eigenvalue weighted by atomic mass is 10.3. The Morgan fingerprint density at radius 2 is 2.05 bits per heavy atom. The summed E-state index contributed by atoms with van der Waals surface area (Å²) in [6, 6.07) is 6.14.